The molecule has 0 bridgehead atoms. The molecule has 0 aliphatic heterocycles. The maximum atomic E-state index is 12.5. The van der Waals surface area contributed by atoms with Gasteiger partial charge < -0.3 is 14.5 Å². The second-order valence-electron chi connectivity index (χ2n) is 6.28. The lowest BCUT2D eigenvalue weighted by atomic mass is 10.1. The highest BCUT2D eigenvalue weighted by Crippen LogP contribution is 2.12. The molecule has 1 amide bonds. The Morgan fingerprint density at radius 1 is 0.800 bits per heavy atom. The molecule has 0 atom stereocenters. The van der Waals surface area contributed by atoms with Gasteiger partial charge in [-0.2, -0.15) is 0 Å². The lowest BCUT2D eigenvalue weighted by Crippen LogP contribution is -2.26. The van der Waals surface area contributed by atoms with Gasteiger partial charge in [0.1, 0.15) is 0 Å². The average Bonchev–Trinajstić information content (AvgIpc) is 2.61. The minimum Gasteiger partial charge on any atom is -0.465 e. The van der Waals surface area contributed by atoms with Gasteiger partial charge in [0.2, 0.25) is 0 Å². The first-order valence-corrected chi connectivity index (χ1v) is 8.07. The molecule has 25 heavy (non-hydrogen) atoms. The van der Waals surface area contributed by atoms with Crippen LogP contribution in [0, 0.1) is 0 Å². The number of hydrogen-bond donors (Lipinski definition) is 0. The second kappa shape index (κ2) is 8.44. The summed E-state index contributed by atoms with van der Waals surface area (Å²) in [4.78, 5) is 27.7. The van der Waals surface area contributed by atoms with Crippen molar-refractivity contribution in [1.29, 1.82) is 0 Å². The first-order chi connectivity index (χ1) is 11.9. The van der Waals surface area contributed by atoms with E-state index in [-0.39, 0.29) is 11.9 Å². The summed E-state index contributed by atoms with van der Waals surface area (Å²) in [6.07, 6.45) is 0. The molecule has 5 nitrogen and oxygen atoms in total. The molecule has 2 aromatic rings. The number of rotatable bonds is 6. The number of carbonyl (C=O) groups is 2. The number of benzene rings is 2. The molecule has 5 heteroatoms. The first-order valence-electron chi connectivity index (χ1n) is 8.07. The lowest BCUT2D eigenvalue weighted by molar-refractivity contribution is 0.0600. The Bertz CT molecular complexity index is 722. The van der Waals surface area contributed by atoms with Crippen LogP contribution in [0.25, 0.3) is 0 Å². The molecular weight excluding hydrogens is 316 g/mol. The quantitative estimate of drug-likeness (QED) is 0.759. The monoisotopic (exact) mass is 340 g/mol. The van der Waals surface area contributed by atoms with Crippen molar-refractivity contribution < 1.29 is 14.3 Å². The molecule has 0 unspecified atom stereocenters. The predicted octanol–water partition coefficient (Wildman–Crippen LogP) is 2.81. The van der Waals surface area contributed by atoms with E-state index in [9.17, 15) is 9.59 Å². The fourth-order valence-electron chi connectivity index (χ4n) is 2.55. The molecule has 2 aromatic carbocycles. The highest BCUT2D eigenvalue weighted by atomic mass is 16.5. The van der Waals surface area contributed by atoms with Gasteiger partial charge >= 0.3 is 5.97 Å². The van der Waals surface area contributed by atoms with Gasteiger partial charge in [-0.25, -0.2) is 4.79 Å². The molecule has 0 fully saturated rings. The maximum absolute atomic E-state index is 12.5. The van der Waals surface area contributed by atoms with Crippen molar-refractivity contribution in [3.63, 3.8) is 0 Å². The molecule has 0 heterocycles. The molecule has 0 aliphatic carbocycles. The number of esters is 1. The van der Waals surface area contributed by atoms with Crippen LogP contribution in [-0.4, -0.2) is 49.9 Å². The Morgan fingerprint density at radius 2 is 1.28 bits per heavy atom. The first kappa shape index (κ1) is 18.7. The summed E-state index contributed by atoms with van der Waals surface area (Å²) >= 11 is 0. The zero-order chi connectivity index (χ0) is 18.4. The summed E-state index contributed by atoms with van der Waals surface area (Å²) in [7, 11) is 7.15. The van der Waals surface area contributed by atoms with Crippen LogP contribution in [0.15, 0.2) is 48.5 Å². The maximum Gasteiger partial charge on any atom is 0.337 e. The van der Waals surface area contributed by atoms with E-state index in [1.54, 1.807) is 24.1 Å². The Balaban J connectivity index is 2.01. The Morgan fingerprint density at radius 3 is 1.76 bits per heavy atom. The van der Waals surface area contributed by atoms with Crippen LogP contribution in [0.4, 0.5) is 0 Å². The van der Waals surface area contributed by atoms with Gasteiger partial charge in [0, 0.05) is 25.7 Å². The average molecular weight is 340 g/mol. The zero-order valence-corrected chi connectivity index (χ0v) is 15.2. The SMILES string of the molecule is COC(=O)c1ccc(CN(C)C(=O)c2ccc(CN(C)C)cc2)cc1. The molecule has 0 saturated carbocycles. The number of carbonyl (C=O) groups excluding carboxylic acids is 2. The van der Waals surface area contributed by atoms with E-state index in [1.165, 1.54) is 12.7 Å². The molecule has 0 aromatic heterocycles. The summed E-state index contributed by atoms with van der Waals surface area (Å²) in [5, 5.41) is 0. The highest BCUT2D eigenvalue weighted by molar-refractivity contribution is 5.94. The Labute approximate surface area is 148 Å². The molecule has 0 aliphatic rings. The van der Waals surface area contributed by atoms with Gasteiger partial charge in [-0.05, 0) is 49.5 Å². The van der Waals surface area contributed by atoms with E-state index in [1.807, 2.05) is 50.5 Å². The summed E-state index contributed by atoms with van der Waals surface area (Å²) in [5.74, 6) is -0.401. The van der Waals surface area contributed by atoms with E-state index in [4.69, 9.17) is 0 Å². The highest BCUT2D eigenvalue weighted by Gasteiger charge is 2.13. The summed E-state index contributed by atoms with van der Waals surface area (Å²) in [6, 6.07) is 14.7. The van der Waals surface area contributed by atoms with Crippen LogP contribution < -0.4 is 0 Å². The van der Waals surface area contributed by atoms with Gasteiger partial charge in [-0.15, -0.1) is 0 Å². The molecule has 0 saturated heterocycles. The van der Waals surface area contributed by atoms with Crippen LogP contribution in [0.5, 0.6) is 0 Å². The van der Waals surface area contributed by atoms with Gasteiger partial charge in [-0.1, -0.05) is 24.3 Å². The normalized spacial score (nSPS) is 10.6. The minimum atomic E-state index is -0.367. The Hall–Kier alpha value is -2.66. The van der Waals surface area contributed by atoms with Gasteiger partial charge in [-0.3, -0.25) is 4.79 Å². The second-order valence-corrected chi connectivity index (χ2v) is 6.28. The van der Waals surface area contributed by atoms with Crippen LogP contribution in [0.3, 0.4) is 0 Å². The van der Waals surface area contributed by atoms with Crippen molar-refractivity contribution >= 4 is 11.9 Å². The fraction of sp³-hybridized carbons (Fsp3) is 0.300. The third kappa shape index (κ3) is 5.16. The third-order valence-electron chi connectivity index (χ3n) is 3.84. The molecular formula is C20H24N2O3. The van der Waals surface area contributed by atoms with E-state index >= 15 is 0 Å². The van der Waals surface area contributed by atoms with E-state index < -0.39 is 0 Å². The van der Waals surface area contributed by atoms with Crippen LogP contribution in [0.2, 0.25) is 0 Å². The van der Waals surface area contributed by atoms with Crippen LogP contribution in [-0.2, 0) is 17.8 Å². The fourth-order valence-corrected chi connectivity index (χ4v) is 2.55. The van der Waals surface area contributed by atoms with E-state index in [2.05, 4.69) is 9.64 Å². The van der Waals surface area contributed by atoms with Gasteiger partial charge in [0.15, 0.2) is 0 Å². The van der Waals surface area contributed by atoms with E-state index in [0.29, 0.717) is 17.7 Å². The van der Waals surface area contributed by atoms with Crippen molar-refractivity contribution in [2.24, 2.45) is 0 Å². The topological polar surface area (TPSA) is 49.9 Å². The van der Waals surface area contributed by atoms with Crippen molar-refractivity contribution in [1.82, 2.24) is 9.80 Å². The molecule has 132 valence electrons. The van der Waals surface area contributed by atoms with E-state index in [0.717, 1.165) is 12.1 Å². The number of methoxy groups -OCH3 is 1. The Kier molecular flexibility index (Phi) is 6.31. The largest absolute Gasteiger partial charge is 0.465 e. The van der Waals surface area contributed by atoms with Crippen molar-refractivity contribution in [3.8, 4) is 0 Å². The molecule has 0 N–H and O–H groups in total. The zero-order valence-electron chi connectivity index (χ0n) is 15.2. The standard InChI is InChI=1S/C20H24N2O3/c1-21(2)13-15-5-9-17(10-6-15)19(23)22(3)14-16-7-11-18(12-8-16)20(24)25-4/h5-12H,13-14H2,1-4H3. The predicted molar refractivity (Wildman–Crippen MR) is 97.4 cm³/mol. The minimum absolute atomic E-state index is 0.0338. The van der Waals surface area contributed by atoms with Crippen molar-refractivity contribution in [2.75, 3.05) is 28.3 Å². The molecule has 0 spiro atoms. The molecule has 2 rings (SSSR count). The molecule has 0 radical (unpaired) electrons. The van der Waals surface area contributed by atoms with Crippen molar-refractivity contribution in [2.45, 2.75) is 13.1 Å². The number of amides is 1. The third-order valence-corrected chi connectivity index (χ3v) is 3.84. The number of nitrogens with zero attached hydrogens (tertiary/aromatic N) is 2. The van der Waals surface area contributed by atoms with Crippen LogP contribution >= 0.6 is 0 Å². The number of hydrogen-bond acceptors (Lipinski definition) is 4. The summed E-state index contributed by atoms with van der Waals surface area (Å²) in [5.41, 5.74) is 3.28. The smallest absolute Gasteiger partial charge is 0.337 e. The summed E-state index contributed by atoms with van der Waals surface area (Å²) < 4.78 is 4.68. The van der Waals surface area contributed by atoms with Gasteiger partial charge in [0.05, 0.1) is 12.7 Å². The number of ether oxygens (including phenoxy) is 1. The van der Waals surface area contributed by atoms with Crippen LogP contribution in [0.1, 0.15) is 31.8 Å². The van der Waals surface area contributed by atoms with Crippen molar-refractivity contribution in [3.05, 3.63) is 70.8 Å². The summed E-state index contributed by atoms with van der Waals surface area (Å²) in [6.45, 7) is 1.32. The lowest BCUT2D eigenvalue weighted by Gasteiger charge is -2.18. The van der Waals surface area contributed by atoms with Gasteiger partial charge in [0.25, 0.3) is 5.91 Å².